The summed E-state index contributed by atoms with van der Waals surface area (Å²) in [4.78, 5) is 2.44. The Morgan fingerprint density at radius 2 is 1.76 bits per heavy atom. The fourth-order valence-electron chi connectivity index (χ4n) is 5.49. The highest BCUT2D eigenvalue weighted by molar-refractivity contribution is 5.84. The van der Waals surface area contributed by atoms with E-state index in [-0.39, 0.29) is 0 Å². The van der Waals surface area contributed by atoms with Crippen molar-refractivity contribution in [1.82, 2.24) is 14.8 Å². The predicted octanol–water partition coefficient (Wildman–Crippen LogP) is 5.73. The number of hydrogen-bond acceptors (Lipinski definition) is 4. The molecule has 5 rings (SSSR count). The molecule has 38 heavy (non-hydrogen) atoms. The van der Waals surface area contributed by atoms with Crippen LogP contribution in [0.5, 0.6) is 5.75 Å². The summed E-state index contributed by atoms with van der Waals surface area (Å²) in [5.41, 5.74) is 6.03. The van der Waals surface area contributed by atoms with E-state index in [4.69, 9.17) is 4.74 Å². The van der Waals surface area contributed by atoms with E-state index in [9.17, 15) is 5.11 Å². The minimum Gasteiger partial charge on any atom is -0.497 e. The molecular formula is C33H39N3O2. The van der Waals surface area contributed by atoms with Gasteiger partial charge in [0.1, 0.15) is 5.75 Å². The second-order valence-electron chi connectivity index (χ2n) is 10.4. The second kappa shape index (κ2) is 12.3. The molecule has 0 spiro atoms. The van der Waals surface area contributed by atoms with Gasteiger partial charge in [0, 0.05) is 55.5 Å². The van der Waals surface area contributed by atoms with Crippen molar-refractivity contribution >= 4 is 16.6 Å². The molecule has 4 aromatic rings. The van der Waals surface area contributed by atoms with Gasteiger partial charge in [-0.3, -0.25) is 0 Å². The largest absolute Gasteiger partial charge is 0.497 e. The van der Waals surface area contributed by atoms with Gasteiger partial charge in [-0.1, -0.05) is 55.1 Å². The quantitative estimate of drug-likeness (QED) is 0.271. The van der Waals surface area contributed by atoms with Gasteiger partial charge in [-0.25, -0.2) is 0 Å². The number of nitrogens with zero attached hydrogens (tertiary/aromatic N) is 2. The summed E-state index contributed by atoms with van der Waals surface area (Å²) in [6.07, 6.45) is 5.17. The third kappa shape index (κ3) is 6.47. The van der Waals surface area contributed by atoms with Crippen LogP contribution in [0, 0.1) is 5.92 Å². The Labute approximate surface area is 226 Å². The van der Waals surface area contributed by atoms with Crippen LogP contribution in [-0.4, -0.2) is 47.4 Å². The molecule has 1 atom stereocenters. The first-order valence-corrected chi connectivity index (χ1v) is 13.7. The van der Waals surface area contributed by atoms with E-state index in [2.05, 4.69) is 82.2 Å². The van der Waals surface area contributed by atoms with Gasteiger partial charge < -0.3 is 24.6 Å². The number of fused-ring (bicyclic) bond motifs is 1. The molecule has 5 heteroatoms. The molecular weight excluding hydrogens is 470 g/mol. The summed E-state index contributed by atoms with van der Waals surface area (Å²) in [6, 6.07) is 27.5. The average molecular weight is 510 g/mol. The number of hydrogen-bond donors (Lipinski definition) is 2. The normalized spacial score (nSPS) is 15.1. The fraction of sp³-hybridized carbons (Fsp3) is 0.333. The Morgan fingerprint density at radius 3 is 2.50 bits per heavy atom. The number of piperidine rings is 1. The van der Waals surface area contributed by atoms with E-state index in [1.807, 2.05) is 24.3 Å². The number of rotatable bonds is 11. The molecule has 0 aliphatic carbocycles. The zero-order chi connectivity index (χ0) is 26.3. The maximum atomic E-state index is 10.6. The number of aromatic nitrogens is 1. The highest BCUT2D eigenvalue weighted by Crippen LogP contribution is 2.29. The van der Waals surface area contributed by atoms with Crippen LogP contribution in [0.1, 0.15) is 29.5 Å². The van der Waals surface area contributed by atoms with Gasteiger partial charge in [-0.2, -0.15) is 0 Å². The summed E-state index contributed by atoms with van der Waals surface area (Å²) in [5.74, 6) is 1.60. The standard InChI is InChI=1S/C33H39N3O2/c1-25(35-17-14-27(15-18-35)20-26-6-4-3-5-7-26)29-10-13-33-30(21-29)16-19-36(33)24-31(37)23-34-22-28-8-11-32(38-2)12-9-28/h3-13,16,19,21,27,31,34,37H,1,14-15,17-18,20,22-24H2,2H3. The molecule has 0 amide bonds. The number of methoxy groups -OCH3 is 1. The summed E-state index contributed by atoms with van der Waals surface area (Å²) >= 11 is 0. The molecule has 1 aliphatic heterocycles. The fourth-order valence-corrected chi connectivity index (χ4v) is 5.49. The molecule has 1 saturated heterocycles. The molecule has 0 radical (unpaired) electrons. The maximum Gasteiger partial charge on any atom is 0.118 e. The number of aliphatic hydroxyl groups is 1. The van der Waals surface area contributed by atoms with Crippen molar-refractivity contribution in [2.75, 3.05) is 26.7 Å². The Kier molecular flexibility index (Phi) is 8.47. The van der Waals surface area contributed by atoms with E-state index >= 15 is 0 Å². The predicted molar refractivity (Wildman–Crippen MR) is 156 cm³/mol. The average Bonchev–Trinajstić information content (AvgIpc) is 3.35. The first-order chi connectivity index (χ1) is 18.6. The Balaban J connectivity index is 1.12. The highest BCUT2D eigenvalue weighted by Gasteiger charge is 2.21. The zero-order valence-corrected chi connectivity index (χ0v) is 22.4. The molecule has 2 N–H and O–H groups in total. The van der Waals surface area contributed by atoms with Crippen molar-refractivity contribution in [3.8, 4) is 5.75 Å². The lowest BCUT2D eigenvalue weighted by Crippen LogP contribution is -2.32. The lowest BCUT2D eigenvalue weighted by Gasteiger charge is -2.35. The molecule has 5 nitrogen and oxygen atoms in total. The zero-order valence-electron chi connectivity index (χ0n) is 22.4. The first kappa shape index (κ1) is 26.1. The van der Waals surface area contributed by atoms with Crippen LogP contribution in [-0.2, 0) is 19.5 Å². The minimum atomic E-state index is -0.476. The summed E-state index contributed by atoms with van der Waals surface area (Å²) < 4.78 is 7.34. The lowest BCUT2D eigenvalue weighted by molar-refractivity contribution is 0.152. The molecule has 1 aliphatic rings. The van der Waals surface area contributed by atoms with Crippen LogP contribution in [0.15, 0.2) is 91.6 Å². The number of benzene rings is 3. The van der Waals surface area contributed by atoms with Crippen molar-refractivity contribution in [1.29, 1.82) is 0 Å². The molecule has 0 bridgehead atoms. The Hall–Kier alpha value is -3.54. The van der Waals surface area contributed by atoms with Gasteiger partial charge in [0.25, 0.3) is 0 Å². The van der Waals surface area contributed by atoms with Crippen LogP contribution in [0.4, 0.5) is 0 Å². The number of likely N-dealkylation sites (tertiary alicyclic amines) is 1. The molecule has 1 unspecified atom stereocenters. The van der Waals surface area contributed by atoms with E-state index in [0.717, 1.165) is 41.5 Å². The molecule has 1 aromatic heterocycles. The van der Waals surface area contributed by atoms with Gasteiger partial charge in [0.2, 0.25) is 0 Å². The van der Waals surface area contributed by atoms with E-state index in [0.29, 0.717) is 19.6 Å². The van der Waals surface area contributed by atoms with E-state index < -0.39 is 6.10 Å². The number of nitrogens with one attached hydrogen (secondary N) is 1. The molecule has 1 fully saturated rings. The van der Waals surface area contributed by atoms with Crippen LogP contribution < -0.4 is 10.1 Å². The topological polar surface area (TPSA) is 49.7 Å². The second-order valence-corrected chi connectivity index (χ2v) is 10.4. The monoisotopic (exact) mass is 509 g/mol. The van der Waals surface area contributed by atoms with Crippen LogP contribution in [0.25, 0.3) is 16.6 Å². The third-order valence-electron chi connectivity index (χ3n) is 7.74. The molecule has 0 saturated carbocycles. The van der Waals surface area contributed by atoms with Crippen molar-refractivity contribution in [2.24, 2.45) is 5.92 Å². The van der Waals surface area contributed by atoms with Gasteiger partial charge in [0.05, 0.1) is 13.2 Å². The van der Waals surface area contributed by atoms with Crippen molar-refractivity contribution in [3.63, 3.8) is 0 Å². The summed E-state index contributed by atoms with van der Waals surface area (Å²) in [7, 11) is 1.67. The summed E-state index contributed by atoms with van der Waals surface area (Å²) in [6.45, 7) is 8.36. The summed E-state index contributed by atoms with van der Waals surface area (Å²) in [5, 5.41) is 15.2. The lowest BCUT2D eigenvalue weighted by atomic mass is 9.89. The number of aliphatic hydroxyl groups excluding tert-OH is 1. The van der Waals surface area contributed by atoms with Crippen LogP contribution in [0.2, 0.25) is 0 Å². The third-order valence-corrected chi connectivity index (χ3v) is 7.74. The van der Waals surface area contributed by atoms with Crippen LogP contribution in [0.3, 0.4) is 0 Å². The molecule has 3 aromatic carbocycles. The Bertz CT molecular complexity index is 1320. The van der Waals surface area contributed by atoms with E-state index in [1.54, 1.807) is 7.11 Å². The van der Waals surface area contributed by atoms with Crippen molar-refractivity contribution < 1.29 is 9.84 Å². The van der Waals surface area contributed by atoms with Crippen molar-refractivity contribution in [3.05, 3.63) is 108 Å². The molecule has 198 valence electrons. The SMILES string of the molecule is C=C(c1ccc2c(ccn2CC(O)CNCc2ccc(OC)cc2)c1)N1CCC(Cc2ccccc2)CC1. The smallest absolute Gasteiger partial charge is 0.118 e. The first-order valence-electron chi connectivity index (χ1n) is 13.7. The Morgan fingerprint density at radius 1 is 1.00 bits per heavy atom. The maximum absolute atomic E-state index is 10.6. The van der Waals surface area contributed by atoms with E-state index in [1.165, 1.54) is 35.8 Å². The van der Waals surface area contributed by atoms with Gasteiger partial charge >= 0.3 is 0 Å². The van der Waals surface area contributed by atoms with Crippen LogP contribution >= 0.6 is 0 Å². The highest BCUT2D eigenvalue weighted by atomic mass is 16.5. The number of ether oxygens (including phenoxy) is 1. The minimum absolute atomic E-state index is 0.476. The molecule has 2 heterocycles. The van der Waals surface area contributed by atoms with Crippen molar-refractivity contribution in [2.45, 2.75) is 38.5 Å². The van der Waals surface area contributed by atoms with Gasteiger partial charge in [0.15, 0.2) is 0 Å². The van der Waals surface area contributed by atoms with Gasteiger partial charge in [-0.05, 0) is 72.2 Å². The van der Waals surface area contributed by atoms with Gasteiger partial charge in [-0.15, -0.1) is 0 Å².